The van der Waals surface area contributed by atoms with Crippen LogP contribution >= 0.6 is 0 Å². The van der Waals surface area contributed by atoms with Crippen LogP contribution in [0, 0.1) is 5.82 Å². The quantitative estimate of drug-likeness (QED) is 0.307. The summed E-state index contributed by atoms with van der Waals surface area (Å²) in [5.74, 6) is -0.725. The van der Waals surface area contributed by atoms with Gasteiger partial charge in [-0.25, -0.2) is 25.2 Å². The molecule has 0 bridgehead atoms. The van der Waals surface area contributed by atoms with Crippen molar-refractivity contribution < 1.29 is 21.2 Å². The molecule has 2 heterocycles. The van der Waals surface area contributed by atoms with Gasteiger partial charge in [-0.1, -0.05) is 30.3 Å². The first-order valence-electron chi connectivity index (χ1n) is 11.8. The maximum absolute atomic E-state index is 13.5. The molecule has 0 radical (unpaired) electrons. The van der Waals surface area contributed by atoms with E-state index < -0.39 is 31.2 Å². The van der Waals surface area contributed by atoms with Crippen LogP contribution in [-0.4, -0.2) is 31.6 Å². The second kappa shape index (κ2) is 9.83. The summed E-state index contributed by atoms with van der Waals surface area (Å²) in [5.41, 5.74) is 1.88. The van der Waals surface area contributed by atoms with Gasteiger partial charge in [0.15, 0.2) is 9.84 Å². The monoisotopic (exact) mass is 565 g/mol. The SMILES string of the molecule is Cn1cc(-c2cc(S(C)(=O)=O)ccc2Nc2ccc(F)cc2)c2ccn(S(=O)(=O)Cc3ccccc3)c2c1=O. The van der Waals surface area contributed by atoms with Gasteiger partial charge in [0.1, 0.15) is 11.3 Å². The third kappa shape index (κ3) is 5.23. The van der Waals surface area contributed by atoms with Crippen LogP contribution in [0.25, 0.3) is 22.0 Å². The molecule has 0 aliphatic carbocycles. The number of nitrogens with zero attached hydrogens (tertiary/aromatic N) is 2. The number of nitrogens with one attached hydrogen (secondary N) is 1. The van der Waals surface area contributed by atoms with E-state index in [0.717, 1.165) is 10.2 Å². The lowest BCUT2D eigenvalue weighted by molar-refractivity contribution is 0.587. The van der Waals surface area contributed by atoms with Crippen LogP contribution < -0.4 is 10.9 Å². The van der Waals surface area contributed by atoms with E-state index in [0.29, 0.717) is 33.5 Å². The van der Waals surface area contributed by atoms with Crippen molar-refractivity contribution in [1.29, 1.82) is 0 Å². The molecule has 1 N–H and O–H groups in total. The first kappa shape index (κ1) is 26.4. The molecular formula is C28H24FN3O5S2. The molecule has 0 aliphatic rings. The number of aromatic nitrogens is 2. The minimum atomic E-state index is -3.97. The standard InChI is InChI=1S/C28H24FN3O5S2/c1-31-17-25(23-14-15-32(27(23)28(31)33)39(36,37)18-19-6-4-3-5-7-19)24-16-22(38(2,34)35)12-13-26(24)30-21-10-8-20(29)9-11-21/h3-17,30H,18H2,1-2H3. The van der Waals surface area contributed by atoms with Crippen molar-refractivity contribution in [3.8, 4) is 11.1 Å². The van der Waals surface area contributed by atoms with Gasteiger partial charge in [-0.3, -0.25) is 4.79 Å². The Morgan fingerprint density at radius 3 is 2.23 bits per heavy atom. The highest BCUT2D eigenvalue weighted by Gasteiger charge is 2.23. The molecule has 0 fully saturated rings. The third-order valence-corrected chi connectivity index (χ3v) is 9.02. The van der Waals surface area contributed by atoms with Crippen molar-refractivity contribution in [2.24, 2.45) is 7.05 Å². The normalized spacial score (nSPS) is 12.1. The van der Waals surface area contributed by atoms with Crippen molar-refractivity contribution in [1.82, 2.24) is 8.54 Å². The average molecular weight is 566 g/mol. The molecule has 0 amide bonds. The van der Waals surface area contributed by atoms with Crippen molar-refractivity contribution in [3.05, 3.63) is 113 Å². The van der Waals surface area contributed by atoms with Crippen LogP contribution in [0.5, 0.6) is 0 Å². The number of fused-ring (bicyclic) bond motifs is 1. The van der Waals surface area contributed by atoms with E-state index in [1.807, 2.05) is 0 Å². The Balaban J connectivity index is 1.73. The number of hydrogen-bond donors (Lipinski definition) is 1. The molecule has 0 saturated carbocycles. The smallest absolute Gasteiger partial charge is 0.275 e. The van der Waals surface area contributed by atoms with Crippen molar-refractivity contribution >= 4 is 42.1 Å². The Bertz CT molecular complexity index is 1980. The Labute approximate surface area is 224 Å². The summed E-state index contributed by atoms with van der Waals surface area (Å²) in [5, 5.41) is 3.51. The van der Waals surface area contributed by atoms with Gasteiger partial charge >= 0.3 is 0 Å². The van der Waals surface area contributed by atoms with Crippen LogP contribution in [-0.2, 0) is 32.7 Å². The predicted molar refractivity (Wildman–Crippen MR) is 150 cm³/mol. The molecule has 200 valence electrons. The van der Waals surface area contributed by atoms with E-state index >= 15 is 0 Å². The highest BCUT2D eigenvalue weighted by atomic mass is 32.2. The number of rotatable bonds is 7. The molecule has 39 heavy (non-hydrogen) atoms. The molecule has 11 heteroatoms. The number of aryl methyl sites for hydroxylation is 1. The van der Waals surface area contributed by atoms with Gasteiger partial charge < -0.3 is 9.88 Å². The maximum Gasteiger partial charge on any atom is 0.275 e. The second-order valence-corrected chi connectivity index (χ2v) is 13.0. The average Bonchev–Trinajstić information content (AvgIpc) is 3.34. The van der Waals surface area contributed by atoms with Gasteiger partial charge in [0.2, 0.25) is 10.0 Å². The van der Waals surface area contributed by atoms with Crippen molar-refractivity contribution in [2.75, 3.05) is 11.6 Å². The van der Waals surface area contributed by atoms with Crippen molar-refractivity contribution in [3.63, 3.8) is 0 Å². The molecular weight excluding hydrogens is 541 g/mol. The van der Waals surface area contributed by atoms with E-state index in [4.69, 9.17) is 0 Å². The van der Waals surface area contributed by atoms with Gasteiger partial charge in [-0.15, -0.1) is 0 Å². The zero-order valence-corrected chi connectivity index (χ0v) is 22.6. The Morgan fingerprint density at radius 1 is 0.872 bits per heavy atom. The van der Waals surface area contributed by atoms with Crippen LogP contribution in [0.15, 0.2) is 101 Å². The summed E-state index contributed by atoms with van der Waals surface area (Å²) >= 11 is 0. The molecule has 5 aromatic rings. The predicted octanol–water partition coefficient (Wildman–Crippen LogP) is 4.67. The third-order valence-electron chi connectivity index (χ3n) is 6.31. The summed E-state index contributed by atoms with van der Waals surface area (Å²) < 4.78 is 67.4. The lowest BCUT2D eigenvalue weighted by atomic mass is 10.0. The summed E-state index contributed by atoms with van der Waals surface area (Å²) in [6, 6.07) is 20.3. The van der Waals surface area contributed by atoms with Gasteiger partial charge in [0.05, 0.1) is 10.6 Å². The molecule has 0 atom stereocenters. The summed E-state index contributed by atoms with van der Waals surface area (Å²) in [4.78, 5) is 13.3. The van der Waals surface area contributed by atoms with Gasteiger partial charge in [-0.05, 0) is 54.1 Å². The largest absolute Gasteiger partial charge is 0.355 e. The Kier molecular flexibility index (Phi) is 6.65. The first-order chi connectivity index (χ1) is 18.4. The molecule has 0 spiro atoms. The lowest BCUT2D eigenvalue weighted by Gasteiger charge is -2.16. The molecule has 8 nitrogen and oxygen atoms in total. The number of halogens is 1. The first-order valence-corrected chi connectivity index (χ1v) is 15.3. The number of hydrogen-bond acceptors (Lipinski definition) is 6. The molecule has 0 unspecified atom stereocenters. The molecule has 0 saturated heterocycles. The zero-order valence-electron chi connectivity index (χ0n) is 21.0. The number of anilines is 2. The Morgan fingerprint density at radius 2 is 1.56 bits per heavy atom. The fourth-order valence-corrected chi connectivity index (χ4v) is 6.51. The minimum Gasteiger partial charge on any atom is -0.355 e. The molecule has 5 rings (SSSR count). The summed E-state index contributed by atoms with van der Waals surface area (Å²) in [7, 11) is -6.07. The van der Waals surface area contributed by atoms with Crippen molar-refractivity contribution in [2.45, 2.75) is 10.6 Å². The van der Waals surface area contributed by atoms with Gasteiger partial charge in [0.25, 0.3) is 5.56 Å². The lowest BCUT2D eigenvalue weighted by Crippen LogP contribution is -2.23. The number of sulfone groups is 1. The van der Waals surface area contributed by atoms with Gasteiger partial charge in [0, 0.05) is 53.6 Å². The molecule has 3 aromatic carbocycles. The fourth-order valence-electron chi connectivity index (χ4n) is 4.41. The van der Waals surface area contributed by atoms with Gasteiger partial charge in [-0.2, -0.15) is 0 Å². The van der Waals surface area contributed by atoms with E-state index in [1.165, 1.54) is 66.5 Å². The highest BCUT2D eigenvalue weighted by Crippen LogP contribution is 2.36. The highest BCUT2D eigenvalue weighted by molar-refractivity contribution is 7.90. The Hall–Kier alpha value is -4.22. The minimum absolute atomic E-state index is 0.0419. The second-order valence-electron chi connectivity index (χ2n) is 9.19. The molecule has 0 aliphatic heterocycles. The van der Waals surface area contributed by atoms with E-state index in [2.05, 4.69) is 5.32 Å². The van der Waals surface area contributed by atoms with E-state index in [1.54, 1.807) is 36.4 Å². The number of benzene rings is 3. The summed E-state index contributed by atoms with van der Waals surface area (Å²) in [6.07, 6.45) is 3.96. The van der Waals surface area contributed by atoms with E-state index in [-0.39, 0.29) is 16.2 Å². The topological polar surface area (TPSA) is 107 Å². The maximum atomic E-state index is 13.5. The molecule has 2 aromatic heterocycles. The van der Waals surface area contributed by atoms with Crippen LogP contribution in [0.2, 0.25) is 0 Å². The number of pyridine rings is 1. The summed E-state index contributed by atoms with van der Waals surface area (Å²) in [6.45, 7) is 0. The van der Waals surface area contributed by atoms with Crippen LogP contribution in [0.1, 0.15) is 5.56 Å². The fraction of sp³-hybridized carbons (Fsp3) is 0.107. The van der Waals surface area contributed by atoms with Crippen LogP contribution in [0.4, 0.5) is 15.8 Å². The van der Waals surface area contributed by atoms with Crippen LogP contribution in [0.3, 0.4) is 0 Å². The zero-order chi connectivity index (χ0) is 27.9. The van der Waals surface area contributed by atoms with E-state index in [9.17, 15) is 26.0 Å².